The molecule has 112 valence electrons. The van der Waals surface area contributed by atoms with Gasteiger partial charge in [-0.2, -0.15) is 0 Å². The summed E-state index contributed by atoms with van der Waals surface area (Å²) < 4.78 is 10.4. The van der Waals surface area contributed by atoms with E-state index < -0.39 is 12.0 Å². The molecule has 4 N–H and O–H groups in total. The number of rotatable bonds is 8. The fourth-order valence-corrected chi connectivity index (χ4v) is 1.92. The number of hydrogen-bond donors (Lipinski definition) is 3. The smallest absolute Gasteiger partial charge is 0.247 e. The lowest BCUT2D eigenvalue weighted by Gasteiger charge is -2.20. The summed E-state index contributed by atoms with van der Waals surface area (Å²) in [5.74, 6) is 0.559. The third-order valence-electron chi connectivity index (χ3n) is 3.10. The van der Waals surface area contributed by atoms with E-state index in [1.165, 1.54) is 0 Å². The van der Waals surface area contributed by atoms with Gasteiger partial charge in [0.15, 0.2) is 11.5 Å². The Labute approximate surface area is 118 Å². The van der Waals surface area contributed by atoms with Crippen LogP contribution in [0.1, 0.15) is 24.9 Å². The molecule has 1 rings (SSSR count). The second kappa shape index (κ2) is 7.72. The van der Waals surface area contributed by atoms with Gasteiger partial charge in [-0.1, -0.05) is 13.0 Å². The van der Waals surface area contributed by atoms with Crippen LogP contribution in [0.25, 0.3) is 0 Å². The van der Waals surface area contributed by atoms with Crippen LogP contribution in [-0.2, 0) is 4.79 Å². The van der Waals surface area contributed by atoms with Crippen LogP contribution in [-0.4, -0.2) is 37.9 Å². The number of benzene rings is 1. The molecule has 0 aliphatic carbocycles. The largest absolute Gasteiger partial charge is 0.493 e. The third kappa shape index (κ3) is 4.11. The van der Waals surface area contributed by atoms with Crippen LogP contribution < -0.4 is 20.5 Å². The van der Waals surface area contributed by atoms with E-state index in [2.05, 4.69) is 5.32 Å². The maximum atomic E-state index is 10.8. The summed E-state index contributed by atoms with van der Waals surface area (Å²) in [6.07, 6.45) is -0.398. The van der Waals surface area contributed by atoms with Gasteiger partial charge in [0.05, 0.1) is 14.2 Å². The van der Waals surface area contributed by atoms with Gasteiger partial charge >= 0.3 is 0 Å². The highest BCUT2D eigenvalue weighted by molar-refractivity contribution is 5.78. The number of ether oxygens (including phenoxy) is 2. The van der Waals surface area contributed by atoms with E-state index in [0.717, 1.165) is 12.0 Å². The maximum Gasteiger partial charge on any atom is 0.247 e. The minimum absolute atomic E-state index is 0.0104. The summed E-state index contributed by atoms with van der Waals surface area (Å²) in [5.41, 5.74) is 6.01. The normalized spacial score (nSPS) is 13.6. The van der Waals surface area contributed by atoms with Crippen molar-refractivity contribution in [2.24, 2.45) is 5.73 Å². The van der Waals surface area contributed by atoms with Gasteiger partial charge in [0.2, 0.25) is 5.91 Å². The first kappa shape index (κ1) is 16.3. The molecule has 0 bridgehead atoms. The second-order valence-electron chi connectivity index (χ2n) is 4.40. The summed E-state index contributed by atoms with van der Waals surface area (Å²) in [4.78, 5) is 10.8. The Morgan fingerprint density at radius 3 is 2.50 bits per heavy atom. The highest BCUT2D eigenvalue weighted by atomic mass is 16.5. The molecule has 20 heavy (non-hydrogen) atoms. The Morgan fingerprint density at radius 1 is 1.35 bits per heavy atom. The van der Waals surface area contributed by atoms with Crippen LogP contribution in [0.2, 0.25) is 0 Å². The van der Waals surface area contributed by atoms with Gasteiger partial charge in [-0.15, -0.1) is 0 Å². The lowest BCUT2D eigenvalue weighted by atomic mass is 10.0. The second-order valence-corrected chi connectivity index (χ2v) is 4.40. The molecular formula is C14H22N2O4. The predicted octanol–water partition coefficient (Wildman–Crippen LogP) is 0.591. The van der Waals surface area contributed by atoms with E-state index in [4.69, 9.17) is 15.2 Å². The van der Waals surface area contributed by atoms with E-state index in [1.807, 2.05) is 25.1 Å². The molecule has 0 saturated carbocycles. The standard InChI is InChI=1S/C14H22N2O4/c1-4-10(16-8-11(17)14(15)18)9-5-6-12(19-2)13(7-9)20-3/h5-7,10-11,16-17H,4,8H2,1-3H3,(H2,15,18). The molecule has 2 unspecified atom stereocenters. The number of methoxy groups -OCH3 is 2. The first-order valence-corrected chi connectivity index (χ1v) is 6.46. The summed E-state index contributed by atoms with van der Waals surface area (Å²) in [6, 6.07) is 5.60. The molecule has 0 fully saturated rings. The van der Waals surface area contributed by atoms with Gasteiger partial charge < -0.3 is 25.6 Å². The minimum Gasteiger partial charge on any atom is -0.493 e. The third-order valence-corrected chi connectivity index (χ3v) is 3.10. The van der Waals surface area contributed by atoms with Crippen molar-refractivity contribution < 1.29 is 19.4 Å². The fraction of sp³-hybridized carbons (Fsp3) is 0.500. The Bertz CT molecular complexity index is 451. The van der Waals surface area contributed by atoms with Gasteiger partial charge in [-0.05, 0) is 24.1 Å². The van der Waals surface area contributed by atoms with Crippen molar-refractivity contribution in [1.82, 2.24) is 5.32 Å². The molecule has 0 spiro atoms. The van der Waals surface area contributed by atoms with E-state index >= 15 is 0 Å². The van der Waals surface area contributed by atoms with E-state index in [0.29, 0.717) is 11.5 Å². The van der Waals surface area contributed by atoms with Crippen LogP contribution in [0.5, 0.6) is 11.5 Å². The monoisotopic (exact) mass is 282 g/mol. The Kier molecular flexibility index (Phi) is 6.27. The predicted molar refractivity (Wildman–Crippen MR) is 75.8 cm³/mol. The van der Waals surface area contributed by atoms with Crippen LogP contribution in [0.4, 0.5) is 0 Å². The van der Waals surface area contributed by atoms with Gasteiger partial charge in [0.25, 0.3) is 0 Å². The van der Waals surface area contributed by atoms with Crippen LogP contribution in [0.15, 0.2) is 18.2 Å². The van der Waals surface area contributed by atoms with E-state index in [1.54, 1.807) is 14.2 Å². The quantitative estimate of drug-likeness (QED) is 0.649. The number of aliphatic hydroxyl groups is 1. The Morgan fingerprint density at radius 2 is 2.00 bits per heavy atom. The maximum absolute atomic E-state index is 10.8. The first-order chi connectivity index (χ1) is 9.53. The van der Waals surface area contributed by atoms with Gasteiger partial charge in [0.1, 0.15) is 6.10 Å². The van der Waals surface area contributed by atoms with Crippen molar-refractivity contribution in [2.75, 3.05) is 20.8 Å². The average Bonchev–Trinajstić information content (AvgIpc) is 2.47. The zero-order valence-electron chi connectivity index (χ0n) is 12.1. The van der Waals surface area contributed by atoms with Crippen LogP contribution in [0, 0.1) is 0 Å². The summed E-state index contributed by atoms with van der Waals surface area (Å²) >= 11 is 0. The number of primary amides is 1. The van der Waals surface area contributed by atoms with Gasteiger partial charge in [-0.25, -0.2) is 0 Å². The van der Waals surface area contributed by atoms with Crippen molar-refractivity contribution in [1.29, 1.82) is 0 Å². The van der Waals surface area contributed by atoms with Crippen LogP contribution >= 0.6 is 0 Å². The van der Waals surface area contributed by atoms with Crippen molar-refractivity contribution in [3.63, 3.8) is 0 Å². The van der Waals surface area contributed by atoms with Gasteiger partial charge in [-0.3, -0.25) is 4.79 Å². The summed E-state index contributed by atoms with van der Waals surface area (Å²) in [7, 11) is 3.16. The van der Waals surface area contributed by atoms with Gasteiger partial charge in [0, 0.05) is 12.6 Å². The Hall–Kier alpha value is -1.79. The number of amides is 1. The molecule has 1 aromatic carbocycles. The van der Waals surface area contributed by atoms with Crippen molar-refractivity contribution >= 4 is 5.91 Å². The minimum atomic E-state index is -1.19. The van der Waals surface area contributed by atoms with Crippen molar-refractivity contribution in [3.05, 3.63) is 23.8 Å². The highest BCUT2D eigenvalue weighted by Crippen LogP contribution is 2.30. The molecule has 6 heteroatoms. The molecule has 0 aliphatic heterocycles. The number of carbonyl (C=O) groups is 1. The molecule has 0 aromatic heterocycles. The molecule has 2 atom stereocenters. The van der Waals surface area contributed by atoms with Crippen molar-refractivity contribution in [3.8, 4) is 11.5 Å². The molecular weight excluding hydrogens is 260 g/mol. The molecule has 1 amide bonds. The fourth-order valence-electron chi connectivity index (χ4n) is 1.92. The number of carbonyl (C=O) groups excluding carboxylic acids is 1. The Balaban J connectivity index is 2.81. The molecule has 6 nitrogen and oxygen atoms in total. The number of nitrogens with two attached hydrogens (primary N) is 1. The summed E-state index contributed by atoms with van der Waals surface area (Å²) in [6.45, 7) is 2.12. The SMILES string of the molecule is CCC(NCC(O)C(N)=O)c1ccc(OC)c(OC)c1. The zero-order valence-corrected chi connectivity index (χ0v) is 12.1. The van der Waals surface area contributed by atoms with E-state index in [9.17, 15) is 9.90 Å². The number of nitrogens with one attached hydrogen (secondary N) is 1. The van der Waals surface area contributed by atoms with Crippen molar-refractivity contribution in [2.45, 2.75) is 25.5 Å². The molecule has 0 heterocycles. The lowest BCUT2D eigenvalue weighted by molar-refractivity contribution is -0.125. The molecule has 0 aliphatic rings. The number of hydrogen-bond acceptors (Lipinski definition) is 5. The summed E-state index contributed by atoms with van der Waals surface area (Å²) in [5, 5.41) is 12.5. The molecule has 0 saturated heterocycles. The van der Waals surface area contributed by atoms with Crippen LogP contribution in [0.3, 0.4) is 0 Å². The van der Waals surface area contributed by atoms with E-state index in [-0.39, 0.29) is 12.6 Å². The highest BCUT2D eigenvalue weighted by Gasteiger charge is 2.16. The lowest BCUT2D eigenvalue weighted by Crippen LogP contribution is -2.38. The zero-order chi connectivity index (χ0) is 15.1. The first-order valence-electron chi connectivity index (χ1n) is 6.46. The average molecular weight is 282 g/mol. The topological polar surface area (TPSA) is 93.8 Å². The molecule has 0 radical (unpaired) electrons. The number of aliphatic hydroxyl groups excluding tert-OH is 1. The molecule has 1 aromatic rings.